The van der Waals surface area contributed by atoms with Crippen LogP contribution in [0.15, 0.2) is 48.5 Å². The van der Waals surface area contributed by atoms with E-state index in [0.29, 0.717) is 11.3 Å². The molecule has 0 amide bonds. The van der Waals surface area contributed by atoms with E-state index in [-0.39, 0.29) is 11.5 Å². The van der Waals surface area contributed by atoms with E-state index in [0.717, 1.165) is 11.3 Å². The first-order chi connectivity index (χ1) is 11.5. The van der Waals surface area contributed by atoms with Crippen LogP contribution in [0, 0.1) is 0 Å². The van der Waals surface area contributed by atoms with E-state index in [2.05, 4.69) is 0 Å². The first-order valence-corrected chi connectivity index (χ1v) is 7.26. The molecule has 2 aromatic carbocycles. The highest BCUT2D eigenvalue weighted by molar-refractivity contribution is 6.07. The van der Waals surface area contributed by atoms with Crippen LogP contribution in [0.5, 0.6) is 17.2 Å². The van der Waals surface area contributed by atoms with Crippen molar-refractivity contribution in [3.05, 3.63) is 59.7 Å². The molecule has 5 heteroatoms. The Hall–Kier alpha value is -3.08. The largest absolute Gasteiger partial charge is 0.497 e. The molecule has 2 rings (SSSR count). The van der Waals surface area contributed by atoms with Gasteiger partial charge in [0.1, 0.15) is 5.75 Å². The number of benzene rings is 2. The molecule has 0 aliphatic rings. The Labute approximate surface area is 140 Å². The number of esters is 1. The third-order valence-corrected chi connectivity index (χ3v) is 3.24. The fraction of sp³-hybridized carbons (Fsp3) is 0.158. The molecule has 24 heavy (non-hydrogen) atoms. The van der Waals surface area contributed by atoms with E-state index in [9.17, 15) is 9.59 Å². The summed E-state index contributed by atoms with van der Waals surface area (Å²) in [5, 5.41) is 0. The fourth-order valence-electron chi connectivity index (χ4n) is 2.05. The van der Waals surface area contributed by atoms with Crippen molar-refractivity contribution < 1.29 is 23.8 Å². The minimum atomic E-state index is -0.480. The number of hydrogen-bond donors (Lipinski definition) is 0. The molecule has 0 aliphatic carbocycles. The molecule has 0 unspecified atom stereocenters. The summed E-state index contributed by atoms with van der Waals surface area (Å²) in [5.74, 6) is 0.669. The molecule has 0 N–H and O–H groups in total. The van der Waals surface area contributed by atoms with E-state index in [1.165, 1.54) is 26.2 Å². The second-order valence-corrected chi connectivity index (χ2v) is 4.93. The van der Waals surface area contributed by atoms with Crippen LogP contribution < -0.4 is 14.2 Å². The first kappa shape index (κ1) is 17.3. The normalized spacial score (nSPS) is 10.5. The van der Waals surface area contributed by atoms with E-state index >= 15 is 0 Å². The average molecular weight is 326 g/mol. The summed E-state index contributed by atoms with van der Waals surface area (Å²) in [6, 6.07) is 12.0. The highest BCUT2D eigenvalue weighted by Crippen LogP contribution is 2.28. The lowest BCUT2D eigenvalue weighted by Crippen LogP contribution is -2.04. The Kier molecular flexibility index (Phi) is 5.73. The Morgan fingerprint density at radius 1 is 0.917 bits per heavy atom. The van der Waals surface area contributed by atoms with Crippen LogP contribution in [0.25, 0.3) is 6.08 Å². The van der Waals surface area contributed by atoms with Crippen molar-refractivity contribution in [1.29, 1.82) is 0 Å². The van der Waals surface area contributed by atoms with Gasteiger partial charge in [-0.1, -0.05) is 18.2 Å². The number of carbonyl (C=O) groups is 2. The third-order valence-electron chi connectivity index (χ3n) is 3.24. The van der Waals surface area contributed by atoms with Crippen LogP contribution in [0.3, 0.4) is 0 Å². The summed E-state index contributed by atoms with van der Waals surface area (Å²) in [5.41, 5.74) is 1.27. The summed E-state index contributed by atoms with van der Waals surface area (Å²) >= 11 is 0. The van der Waals surface area contributed by atoms with Crippen molar-refractivity contribution in [2.24, 2.45) is 0 Å². The van der Waals surface area contributed by atoms with Gasteiger partial charge in [0.2, 0.25) is 0 Å². The van der Waals surface area contributed by atoms with Gasteiger partial charge in [-0.15, -0.1) is 0 Å². The van der Waals surface area contributed by atoms with Crippen LogP contribution >= 0.6 is 0 Å². The van der Waals surface area contributed by atoms with Gasteiger partial charge in [0.25, 0.3) is 0 Å². The molecule has 0 heterocycles. The standard InChI is InChI=1S/C19H18O5/c1-13(20)24-19-12-15(7-11-18(19)23-3)17(21)10-6-14-4-8-16(22-2)9-5-14/h4-12H,1-3H3. The van der Waals surface area contributed by atoms with Crippen LogP contribution in [0.2, 0.25) is 0 Å². The van der Waals surface area contributed by atoms with Crippen LogP contribution in [0.1, 0.15) is 22.8 Å². The van der Waals surface area contributed by atoms with Crippen LogP contribution in [0.4, 0.5) is 0 Å². The highest BCUT2D eigenvalue weighted by Gasteiger charge is 2.11. The number of ketones is 1. The monoisotopic (exact) mass is 326 g/mol. The second-order valence-electron chi connectivity index (χ2n) is 4.93. The van der Waals surface area contributed by atoms with Crippen molar-refractivity contribution in [2.75, 3.05) is 14.2 Å². The van der Waals surface area contributed by atoms with Crippen LogP contribution in [-0.2, 0) is 4.79 Å². The molecule has 0 radical (unpaired) electrons. The molecule has 0 aliphatic heterocycles. The zero-order chi connectivity index (χ0) is 17.5. The van der Waals surface area contributed by atoms with E-state index in [1.807, 2.05) is 24.3 Å². The lowest BCUT2D eigenvalue weighted by atomic mass is 10.1. The minimum absolute atomic E-state index is 0.207. The maximum absolute atomic E-state index is 12.3. The van der Waals surface area contributed by atoms with Crippen molar-refractivity contribution in [2.45, 2.75) is 6.92 Å². The maximum atomic E-state index is 12.3. The van der Waals surface area contributed by atoms with Crippen molar-refractivity contribution >= 4 is 17.8 Å². The molecule has 0 fully saturated rings. The second kappa shape index (κ2) is 7.97. The number of ether oxygens (including phenoxy) is 3. The van der Waals surface area contributed by atoms with Gasteiger partial charge in [-0.05, 0) is 42.0 Å². The summed E-state index contributed by atoms with van der Waals surface area (Å²) in [7, 11) is 3.06. The fourth-order valence-corrected chi connectivity index (χ4v) is 2.05. The van der Waals surface area contributed by atoms with Crippen molar-refractivity contribution in [3.63, 3.8) is 0 Å². The summed E-state index contributed by atoms with van der Waals surface area (Å²) in [6.07, 6.45) is 3.17. The highest BCUT2D eigenvalue weighted by atomic mass is 16.6. The van der Waals surface area contributed by atoms with Gasteiger partial charge in [0.15, 0.2) is 17.3 Å². The Balaban J connectivity index is 2.19. The van der Waals surface area contributed by atoms with Gasteiger partial charge in [-0.2, -0.15) is 0 Å². The van der Waals surface area contributed by atoms with Gasteiger partial charge in [0, 0.05) is 12.5 Å². The van der Waals surface area contributed by atoms with Crippen molar-refractivity contribution in [1.82, 2.24) is 0 Å². The Morgan fingerprint density at radius 2 is 1.62 bits per heavy atom. The Morgan fingerprint density at radius 3 is 2.21 bits per heavy atom. The van der Waals surface area contributed by atoms with Gasteiger partial charge in [-0.25, -0.2) is 0 Å². The zero-order valence-electron chi connectivity index (χ0n) is 13.7. The molecule has 2 aromatic rings. The summed E-state index contributed by atoms with van der Waals surface area (Å²) in [4.78, 5) is 23.4. The predicted molar refractivity (Wildman–Crippen MR) is 90.7 cm³/mol. The quantitative estimate of drug-likeness (QED) is 0.352. The van der Waals surface area contributed by atoms with Crippen molar-refractivity contribution in [3.8, 4) is 17.2 Å². The lowest BCUT2D eigenvalue weighted by Gasteiger charge is -2.08. The molecule has 0 saturated carbocycles. The summed E-state index contributed by atoms with van der Waals surface area (Å²) in [6.45, 7) is 1.29. The van der Waals surface area contributed by atoms with Gasteiger partial charge >= 0.3 is 5.97 Å². The minimum Gasteiger partial charge on any atom is -0.497 e. The predicted octanol–water partition coefficient (Wildman–Crippen LogP) is 3.53. The molecular weight excluding hydrogens is 308 g/mol. The molecule has 0 spiro atoms. The molecule has 0 aromatic heterocycles. The zero-order valence-corrected chi connectivity index (χ0v) is 13.7. The smallest absolute Gasteiger partial charge is 0.308 e. The average Bonchev–Trinajstić information content (AvgIpc) is 2.59. The molecule has 124 valence electrons. The molecule has 5 nitrogen and oxygen atoms in total. The first-order valence-electron chi connectivity index (χ1n) is 7.26. The van der Waals surface area contributed by atoms with E-state index in [4.69, 9.17) is 14.2 Å². The van der Waals surface area contributed by atoms with Gasteiger partial charge < -0.3 is 14.2 Å². The number of rotatable bonds is 6. The molecule has 0 saturated heterocycles. The molecule has 0 atom stereocenters. The van der Waals surface area contributed by atoms with E-state index in [1.54, 1.807) is 25.3 Å². The molecular formula is C19H18O5. The summed E-state index contributed by atoms with van der Waals surface area (Å²) < 4.78 is 15.3. The van der Waals surface area contributed by atoms with Crippen LogP contribution in [-0.4, -0.2) is 26.0 Å². The van der Waals surface area contributed by atoms with E-state index < -0.39 is 5.97 Å². The van der Waals surface area contributed by atoms with Gasteiger partial charge in [0.05, 0.1) is 14.2 Å². The number of allylic oxidation sites excluding steroid dienone is 1. The van der Waals surface area contributed by atoms with Gasteiger partial charge in [-0.3, -0.25) is 9.59 Å². The topological polar surface area (TPSA) is 61.8 Å². The number of carbonyl (C=O) groups excluding carboxylic acids is 2. The molecule has 0 bridgehead atoms. The number of methoxy groups -OCH3 is 2. The maximum Gasteiger partial charge on any atom is 0.308 e. The third kappa shape index (κ3) is 4.46. The number of hydrogen-bond acceptors (Lipinski definition) is 5. The lowest BCUT2D eigenvalue weighted by molar-refractivity contribution is -0.132. The Bertz CT molecular complexity index is 760. The SMILES string of the molecule is COc1ccc(C=CC(=O)c2ccc(OC)c(OC(C)=O)c2)cc1.